The van der Waals surface area contributed by atoms with Crippen LogP contribution in [0.1, 0.15) is 17.5 Å². The molecule has 1 heterocycles. The standard InChI is InChI=1S/C18H27N3O2.HI/c1-4-8-20-18(19-3)21-11-16-6-5-14(2)10-17(16)23-13-15-7-9-22-12-15;/h4-6,10,15H,1,7-9,11-13H2,2-3H3,(H2,19,20,21);1H. The van der Waals surface area contributed by atoms with Gasteiger partial charge >= 0.3 is 0 Å². The molecule has 1 unspecified atom stereocenters. The molecule has 134 valence electrons. The van der Waals surface area contributed by atoms with Crippen molar-refractivity contribution in [2.24, 2.45) is 10.9 Å². The molecular formula is C18H28IN3O2. The number of hydrogen-bond acceptors (Lipinski definition) is 3. The Hall–Kier alpha value is -1.28. The lowest BCUT2D eigenvalue weighted by Crippen LogP contribution is -2.36. The normalized spacial score (nSPS) is 17.1. The number of nitrogens with one attached hydrogen (secondary N) is 2. The molecule has 1 fully saturated rings. The quantitative estimate of drug-likeness (QED) is 0.294. The molecule has 1 aromatic rings. The largest absolute Gasteiger partial charge is 0.493 e. The average molecular weight is 445 g/mol. The number of benzene rings is 1. The van der Waals surface area contributed by atoms with Crippen LogP contribution in [0.2, 0.25) is 0 Å². The van der Waals surface area contributed by atoms with Gasteiger partial charge in [-0.15, -0.1) is 30.6 Å². The third-order valence-electron chi connectivity index (χ3n) is 3.80. The fourth-order valence-corrected chi connectivity index (χ4v) is 2.43. The van der Waals surface area contributed by atoms with E-state index in [2.05, 4.69) is 47.3 Å². The monoisotopic (exact) mass is 445 g/mol. The van der Waals surface area contributed by atoms with Crippen LogP contribution in [0, 0.1) is 12.8 Å². The summed E-state index contributed by atoms with van der Waals surface area (Å²) < 4.78 is 11.5. The Balaban J connectivity index is 0.00000288. The molecule has 6 heteroatoms. The first kappa shape index (κ1) is 20.8. The number of rotatable bonds is 7. The van der Waals surface area contributed by atoms with Crippen molar-refractivity contribution in [3.8, 4) is 5.75 Å². The third kappa shape index (κ3) is 6.68. The van der Waals surface area contributed by atoms with E-state index in [1.165, 1.54) is 5.56 Å². The van der Waals surface area contributed by atoms with Crippen LogP contribution < -0.4 is 15.4 Å². The molecule has 2 rings (SSSR count). The van der Waals surface area contributed by atoms with Crippen molar-refractivity contribution in [2.75, 3.05) is 33.4 Å². The first-order chi connectivity index (χ1) is 11.2. The van der Waals surface area contributed by atoms with Crippen LogP contribution in [0.4, 0.5) is 0 Å². The maximum absolute atomic E-state index is 6.05. The maximum atomic E-state index is 6.05. The SMILES string of the molecule is C=CCNC(=NC)NCc1ccc(C)cc1OCC1CCOC1.I. The second-order valence-corrected chi connectivity index (χ2v) is 5.75. The summed E-state index contributed by atoms with van der Waals surface area (Å²) in [7, 11) is 1.76. The van der Waals surface area contributed by atoms with Crippen LogP contribution in [0.3, 0.4) is 0 Å². The molecule has 0 bridgehead atoms. The molecule has 1 aliphatic rings. The van der Waals surface area contributed by atoms with E-state index in [0.717, 1.165) is 36.9 Å². The molecule has 1 saturated heterocycles. The van der Waals surface area contributed by atoms with Gasteiger partial charge in [0.2, 0.25) is 0 Å². The summed E-state index contributed by atoms with van der Waals surface area (Å²) in [5, 5.41) is 6.46. The van der Waals surface area contributed by atoms with Gasteiger partial charge in [0.15, 0.2) is 5.96 Å². The van der Waals surface area contributed by atoms with Crippen LogP contribution >= 0.6 is 24.0 Å². The fraction of sp³-hybridized carbons (Fsp3) is 0.500. The van der Waals surface area contributed by atoms with Gasteiger partial charge in [-0.3, -0.25) is 4.99 Å². The van der Waals surface area contributed by atoms with Crippen molar-refractivity contribution in [2.45, 2.75) is 19.9 Å². The second kappa shape index (κ2) is 11.3. The van der Waals surface area contributed by atoms with Crippen LogP contribution in [-0.4, -0.2) is 39.4 Å². The molecule has 1 atom stereocenters. The Labute approximate surface area is 161 Å². The predicted octanol–water partition coefficient (Wildman–Crippen LogP) is 2.88. The smallest absolute Gasteiger partial charge is 0.191 e. The summed E-state index contributed by atoms with van der Waals surface area (Å²) in [4.78, 5) is 4.19. The van der Waals surface area contributed by atoms with Crippen molar-refractivity contribution in [3.63, 3.8) is 0 Å². The van der Waals surface area contributed by atoms with E-state index in [0.29, 0.717) is 25.6 Å². The number of halogens is 1. The molecule has 0 aromatic heterocycles. The van der Waals surface area contributed by atoms with Gasteiger partial charge in [-0.25, -0.2) is 0 Å². The summed E-state index contributed by atoms with van der Waals surface area (Å²) >= 11 is 0. The maximum Gasteiger partial charge on any atom is 0.191 e. The Bertz CT molecular complexity index is 543. The van der Waals surface area contributed by atoms with Crippen LogP contribution in [-0.2, 0) is 11.3 Å². The van der Waals surface area contributed by atoms with E-state index in [-0.39, 0.29) is 24.0 Å². The fourth-order valence-electron chi connectivity index (χ4n) is 2.43. The van der Waals surface area contributed by atoms with Crippen LogP contribution in [0.5, 0.6) is 5.75 Å². The number of ether oxygens (including phenoxy) is 2. The molecule has 1 aliphatic heterocycles. The van der Waals surface area contributed by atoms with Crippen LogP contribution in [0.25, 0.3) is 0 Å². The van der Waals surface area contributed by atoms with Crippen LogP contribution in [0.15, 0.2) is 35.8 Å². The summed E-state index contributed by atoms with van der Waals surface area (Å²) in [6.45, 7) is 9.47. The van der Waals surface area contributed by atoms with Gasteiger partial charge in [-0.2, -0.15) is 0 Å². The van der Waals surface area contributed by atoms with Gasteiger partial charge in [0, 0.05) is 38.2 Å². The Morgan fingerprint density at radius 1 is 1.46 bits per heavy atom. The lowest BCUT2D eigenvalue weighted by Gasteiger charge is -2.16. The molecule has 0 radical (unpaired) electrons. The molecule has 0 saturated carbocycles. The Morgan fingerprint density at radius 2 is 2.29 bits per heavy atom. The highest BCUT2D eigenvalue weighted by atomic mass is 127. The topological polar surface area (TPSA) is 54.9 Å². The molecule has 5 nitrogen and oxygen atoms in total. The first-order valence-corrected chi connectivity index (χ1v) is 8.08. The van der Waals surface area contributed by atoms with Gasteiger partial charge in [0.1, 0.15) is 5.75 Å². The van der Waals surface area contributed by atoms with E-state index < -0.39 is 0 Å². The van der Waals surface area contributed by atoms with Gasteiger partial charge < -0.3 is 20.1 Å². The number of nitrogens with zero attached hydrogens (tertiary/aromatic N) is 1. The van der Waals surface area contributed by atoms with E-state index in [9.17, 15) is 0 Å². The molecule has 0 aliphatic carbocycles. The molecule has 0 amide bonds. The highest BCUT2D eigenvalue weighted by molar-refractivity contribution is 14.0. The zero-order valence-corrected chi connectivity index (χ0v) is 16.8. The minimum absolute atomic E-state index is 0. The van der Waals surface area contributed by atoms with E-state index in [4.69, 9.17) is 9.47 Å². The zero-order chi connectivity index (χ0) is 16.5. The molecule has 0 spiro atoms. The van der Waals surface area contributed by atoms with E-state index in [1.807, 2.05) is 0 Å². The Kier molecular flexibility index (Phi) is 9.78. The lowest BCUT2D eigenvalue weighted by molar-refractivity contribution is 0.166. The summed E-state index contributed by atoms with van der Waals surface area (Å²) in [6.07, 6.45) is 2.88. The number of guanidine groups is 1. The molecular weight excluding hydrogens is 417 g/mol. The molecule has 24 heavy (non-hydrogen) atoms. The van der Waals surface area contributed by atoms with Gasteiger partial charge in [-0.1, -0.05) is 18.2 Å². The van der Waals surface area contributed by atoms with Gasteiger partial charge in [-0.05, 0) is 25.0 Å². The second-order valence-electron chi connectivity index (χ2n) is 5.75. The number of aryl methyl sites for hydroxylation is 1. The number of hydrogen-bond donors (Lipinski definition) is 2. The minimum Gasteiger partial charge on any atom is -0.493 e. The van der Waals surface area contributed by atoms with Crippen molar-refractivity contribution in [3.05, 3.63) is 42.0 Å². The van der Waals surface area contributed by atoms with Crippen molar-refractivity contribution < 1.29 is 9.47 Å². The minimum atomic E-state index is 0. The molecule has 1 aromatic carbocycles. The van der Waals surface area contributed by atoms with Gasteiger partial charge in [0.25, 0.3) is 0 Å². The highest BCUT2D eigenvalue weighted by Crippen LogP contribution is 2.22. The molecule has 2 N–H and O–H groups in total. The van der Waals surface area contributed by atoms with Gasteiger partial charge in [0.05, 0.1) is 13.2 Å². The first-order valence-electron chi connectivity index (χ1n) is 8.08. The Morgan fingerprint density at radius 3 is 2.96 bits per heavy atom. The van der Waals surface area contributed by atoms with Crippen molar-refractivity contribution >= 4 is 29.9 Å². The van der Waals surface area contributed by atoms with E-state index in [1.54, 1.807) is 13.1 Å². The number of aliphatic imine (C=N–C) groups is 1. The van der Waals surface area contributed by atoms with Crippen molar-refractivity contribution in [1.82, 2.24) is 10.6 Å². The van der Waals surface area contributed by atoms with Crippen molar-refractivity contribution in [1.29, 1.82) is 0 Å². The summed E-state index contributed by atoms with van der Waals surface area (Å²) in [5.41, 5.74) is 2.32. The average Bonchev–Trinajstić information content (AvgIpc) is 3.08. The summed E-state index contributed by atoms with van der Waals surface area (Å²) in [5.74, 6) is 2.18. The van der Waals surface area contributed by atoms with E-state index >= 15 is 0 Å². The predicted molar refractivity (Wildman–Crippen MR) is 109 cm³/mol. The summed E-state index contributed by atoms with van der Waals surface area (Å²) in [6, 6.07) is 6.29. The lowest BCUT2D eigenvalue weighted by atomic mass is 10.1. The zero-order valence-electron chi connectivity index (χ0n) is 14.5. The third-order valence-corrected chi connectivity index (χ3v) is 3.80. The highest BCUT2D eigenvalue weighted by Gasteiger charge is 2.17.